The second kappa shape index (κ2) is 61.7. The molecule has 0 aliphatic heterocycles. The number of nitrogens with zero attached hydrogens (tertiary/aromatic N) is 1. The van der Waals surface area contributed by atoms with E-state index in [2.05, 4.69) is 172 Å². The molecular weight excluding hydrogens is 1060 g/mol. The number of nitrogens with one attached hydrogen (secondary N) is 1. The van der Waals surface area contributed by atoms with Crippen LogP contribution in [0.3, 0.4) is 0 Å². The highest BCUT2D eigenvalue weighted by Gasteiger charge is 2.30. The summed E-state index contributed by atoms with van der Waals surface area (Å²) in [4.78, 5) is 37.8. The highest BCUT2D eigenvalue weighted by Crippen LogP contribution is 2.43. The summed E-state index contributed by atoms with van der Waals surface area (Å²) in [5.74, 6) is -0.585. The number of allylic oxidation sites excluding steroid dienone is 25. The Hall–Kier alpha value is -4.37. The summed E-state index contributed by atoms with van der Waals surface area (Å²) >= 11 is 0. The summed E-state index contributed by atoms with van der Waals surface area (Å²) in [5, 5.41) is 3.04. The molecule has 0 heterocycles. The van der Waals surface area contributed by atoms with Crippen LogP contribution in [0.1, 0.15) is 245 Å². The number of phosphoric ester groups is 1. The first-order valence-electron chi connectivity index (χ1n) is 33.3. The fraction of sp³-hybridized carbons (Fsp3) is 0.622. The fourth-order valence-electron chi connectivity index (χ4n) is 8.65. The molecule has 84 heavy (non-hydrogen) atoms. The molecule has 0 radical (unpaired) electrons. The van der Waals surface area contributed by atoms with E-state index in [1.807, 2.05) is 33.3 Å². The van der Waals surface area contributed by atoms with Crippen molar-refractivity contribution >= 4 is 19.7 Å². The summed E-state index contributed by atoms with van der Waals surface area (Å²) in [7, 11) is 1.43. The van der Waals surface area contributed by atoms with Crippen molar-refractivity contribution in [3.63, 3.8) is 0 Å². The first-order valence-corrected chi connectivity index (χ1v) is 34.8. The predicted molar refractivity (Wildman–Crippen MR) is 364 cm³/mol. The van der Waals surface area contributed by atoms with Crippen molar-refractivity contribution in [3.8, 4) is 0 Å². The molecular formula is C74H124N2O7P+. The standard InChI is InChI=1S/C74H123N2O7P/c1-7-10-13-16-19-22-25-28-30-32-34-36-37-38-39-41-42-44-46-48-51-54-57-60-63-66-73(77)75-71(70-82-84(79,80)81-69-68-76(4,5)6)72(65-62-59-56-53-50-27-24-21-18-15-12-9-3)83-74(78)67-64-61-58-55-52-49-47-45-43-40-35-33-31-29-26-23-20-17-14-11-8-2/h10-11,13-14,19-20,22-23,28-31,34-36,38-40,42,44-45,47,52,55,62,65,71-72H,7-9,12,15-18,21,24-27,32-33,37,41,43,46,48-51,53-54,56-61,63-64,66-70H2,1-6H3,(H-,75,77,79,80)/p+1/b13-10-,14-11-,22-19-,23-20-,30-28-,31-29-,36-34-,39-38-,40-35-,44-42-,47-45-,55-52-,65-62-. The Kier molecular flexibility index (Phi) is 58.5. The van der Waals surface area contributed by atoms with Gasteiger partial charge in [-0.05, 0) is 134 Å². The van der Waals surface area contributed by atoms with Crippen molar-refractivity contribution in [1.29, 1.82) is 0 Å². The highest BCUT2D eigenvalue weighted by molar-refractivity contribution is 7.47. The van der Waals surface area contributed by atoms with Gasteiger partial charge in [0.05, 0.1) is 33.8 Å². The van der Waals surface area contributed by atoms with Gasteiger partial charge in [-0.2, -0.15) is 0 Å². The summed E-state index contributed by atoms with van der Waals surface area (Å²) in [5.41, 5.74) is 0. The molecule has 0 saturated heterocycles. The zero-order valence-corrected chi connectivity index (χ0v) is 55.2. The summed E-state index contributed by atoms with van der Waals surface area (Å²) in [6.07, 6.45) is 91.1. The number of esters is 1. The molecule has 0 aromatic heterocycles. The van der Waals surface area contributed by atoms with Crippen LogP contribution in [0.5, 0.6) is 0 Å². The minimum Gasteiger partial charge on any atom is -0.456 e. The number of likely N-dealkylation sites (N-methyl/N-ethyl adjacent to an activating group) is 1. The van der Waals surface area contributed by atoms with E-state index in [-0.39, 0.29) is 31.5 Å². The number of rotatable bonds is 58. The van der Waals surface area contributed by atoms with E-state index in [0.717, 1.165) is 154 Å². The SMILES string of the molecule is CC/C=C\C/C=C\C/C=C\C/C=C\C/C=C\C/C=C\CCCCCCCCC(=O)NC(COP(=O)(O)OCC[N+](C)(C)C)C(/C=C\CCCCCCCCCCCC)OC(=O)CCCC/C=C\C/C=C\C/C=C\C/C=C\C/C=C\C/C=C\CC. The lowest BCUT2D eigenvalue weighted by molar-refractivity contribution is -0.870. The highest BCUT2D eigenvalue weighted by atomic mass is 31.2. The molecule has 0 rings (SSSR count). The molecule has 0 aromatic rings. The summed E-state index contributed by atoms with van der Waals surface area (Å²) in [6, 6.07) is -0.888. The monoisotopic (exact) mass is 1180 g/mol. The molecule has 0 bridgehead atoms. The zero-order chi connectivity index (χ0) is 61.4. The number of phosphoric acid groups is 1. The molecule has 1 amide bonds. The molecule has 3 unspecified atom stereocenters. The van der Waals surface area contributed by atoms with Crippen molar-refractivity contribution in [2.75, 3.05) is 40.9 Å². The van der Waals surface area contributed by atoms with Crippen molar-refractivity contribution in [1.82, 2.24) is 5.32 Å². The van der Waals surface area contributed by atoms with Crippen LogP contribution < -0.4 is 5.32 Å². The Morgan fingerprint density at radius 2 is 0.762 bits per heavy atom. The van der Waals surface area contributed by atoms with Gasteiger partial charge in [-0.15, -0.1) is 0 Å². The molecule has 0 aliphatic carbocycles. The van der Waals surface area contributed by atoms with Crippen molar-refractivity contribution in [2.24, 2.45) is 0 Å². The number of carbonyl (C=O) groups is 2. The first kappa shape index (κ1) is 79.6. The van der Waals surface area contributed by atoms with Crippen molar-refractivity contribution in [3.05, 3.63) is 158 Å². The van der Waals surface area contributed by atoms with Gasteiger partial charge in [0.15, 0.2) is 0 Å². The van der Waals surface area contributed by atoms with Gasteiger partial charge in [0.2, 0.25) is 5.91 Å². The largest absolute Gasteiger partial charge is 0.472 e. The minimum atomic E-state index is -4.48. The number of hydrogen-bond donors (Lipinski definition) is 2. The quantitative estimate of drug-likeness (QED) is 0.0205. The van der Waals surface area contributed by atoms with E-state index in [4.69, 9.17) is 13.8 Å². The maximum absolute atomic E-state index is 13.6. The maximum atomic E-state index is 13.6. The Balaban J connectivity index is 5.29. The van der Waals surface area contributed by atoms with E-state index >= 15 is 0 Å². The van der Waals surface area contributed by atoms with Gasteiger partial charge >= 0.3 is 13.8 Å². The van der Waals surface area contributed by atoms with Crippen LogP contribution in [0.15, 0.2) is 158 Å². The molecule has 0 aromatic carbocycles. The van der Waals surface area contributed by atoms with Crippen LogP contribution in [0.2, 0.25) is 0 Å². The number of hydrogen-bond acceptors (Lipinski definition) is 6. The van der Waals surface area contributed by atoms with Crippen molar-refractivity contribution < 1.29 is 37.3 Å². The van der Waals surface area contributed by atoms with Crippen LogP contribution in [0.25, 0.3) is 0 Å². The van der Waals surface area contributed by atoms with Gasteiger partial charge in [0.25, 0.3) is 0 Å². The van der Waals surface area contributed by atoms with Crippen LogP contribution in [-0.2, 0) is 27.9 Å². The predicted octanol–water partition coefficient (Wildman–Crippen LogP) is 21.2. The lowest BCUT2D eigenvalue weighted by atomic mass is 10.0. The van der Waals surface area contributed by atoms with E-state index in [9.17, 15) is 19.0 Å². The maximum Gasteiger partial charge on any atom is 0.472 e. The average Bonchev–Trinajstić information content (AvgIpc) is 3.64. The normalized spacial score (nSPS) is 14.6. The van der Waals surface area contributed by atoms with E-state index in [1.54, 1.807) is 0 Å². The van der Waals surface area contributed by atoms with Gasteiger partial charge in [-0.1, -0.05) is 256 Å². The Labute approximate surface area is 516 Å². The molecule has 10 heteroatoms. The van der Waals surface area contributed by atoms with Crippen LogP contribution >= 0.6 is 7.82 Å². The lowest BCUT2D eigenvalue weighted by Gasteiger charge is -2.27. The third-order valence-corrected chi connectivity index (χ3v) is 14.7. The number of unbranched alkanes of at least 4 members (excludes halogenated alkanes) is 18. The molecule has 0 saturated carbocycles. The second-order valence-electron chi connectivity index (χ2n) is 22.9. The Morgan fingerprint density at radius 3 is 1.15 bits per heavy atom. The number of carbonyl (C=O) groups excluding carboxylic acids is 2. The van der Waals surface area contributed by atoms with Crippen molar-refractivity contribution in [2.45, 2.75) is 258 Å². The van der Waals surface area contributed by atoms with Crippen LogP contribution in [0, 0.1) is 0 Å². The summed E-state index contributed by atoms with van der Waals surface area (Å²) in [6.45, 7) is 6.72. The molecule has 2 N–H and O–H groups in total. The van der Waals surface area contributed by atoms with E-state index in [1.165, 1.54) is 51.4 Å². The Morgan fingerprint density at radius 1 is 0.429 bits per heavy atom. The number of amides is 1. The topological polar surface area (TPSA) is 111 Å². The molecule has 9 nitrogen and oxygen atoms in total. The number of ether oxygens (including phenoxy) is 1. The third-order valence-electron chi connectivity index (χ3n) is 13.7. The second-order valence-corrected chi connectivity index (χ2v) is 24.3. The molecule has 0 fully saturated rings. The molecule has 0 aliphatic rings. The van der Waals surface area contributed by atoms with Gasteiger partial charge in [0, 0.05) is 12.8 Å². The number of quaternary nitrogens is 1. The fourth-order valence-corrected chi connectivity index (χ4v) is 9.39. The Bertz CT molecular complexity index is 1990. The van der Waals surface area contributed by atoms with E-state index < -0.39 is 20.0 Å². The smallest absolute Gasteiger partial charge is 0.456 e. The zero-order valence-electron chi connectivity index (χ0n) is 54.3. The van der Waals surface area contributed by atoms with Gasteiger partial charge in [-0.3, -0.25) is 18.6 Å². The lowest BCUT2D eigenvalue weighted by Crippen LogP contribution is -2.47. The van der Waals surface area contributed by atoms with Crippen LogP contribution in [0.4, 0.5) is 0 Å². The molecule has 476 valence electrons. The third kappa shape index (κ3) is 62.2. The van der Waals surface area contributed by atoms with Crippen LogP contribution in [-0.4, -0.2) is 74.3 Å². The molecule has 0 spiro atoms. The molecule has 3 atom stereocenters. The first-order chi connectivity index (χ1) is 40.9. The minimum absolute atomic E-state index is 0.0204. The summed E-state index contributed by atoms with van der Waals surface area (Å²) < 4.78 is 30.7. The van der Waals surface area contributed by atoms with Gasteiger partial charge < -0.3 is 19.4 Å². The van der Waals surface area contributed by atoms with E-state index in [0.29, 0.717) is 23.9 Å². The van der Waals surface area contributed by atoms with Gasteiger partial charge in [-0.25, -0.2) is 4.57 Å². The van der Waals surface area contributed by atoms with Gasteiger partial charge in [0.1, 0.15) is 19.3 Å². The average molecular weight is 1180 g/mol.